The van der Waals surface area contributed by atoms with E-state index in [9.17, 15) is 0 Å². The van der Waals surface area contributed by atoms with Gasteiger partial charge in [-0.3, -0.25) is 4.57 Å². The quantitative estimate of drug-likeness (QED) is 0.918. The smallest absolute Gasteiger partial charge is 0.224 e. The summed E-state index contributed by atoms with van der Waals surface area (Å²) in [4.78, 5) is 0. The maximum absolute atomic E-state index is 4.29. The fourth-order valence-corrected chi connectivity index (χ4v) is 2.50. The molecule has 0 fully saturated rings. The molecule has 0 saturated heterocycles. The van der Waals surface area contributed by atoms with Crippen molar-refractivity contribution in [1.82, 2.24) is 14.8 Å². The number of aromatic nitrogens is 3. The van der Waals surface area contributed by atoms with Gasteiger partial charge >= 0.3 is 0 Å². The Morgan fingerprint density at radius 3 is 2.79 bits per heavy atom. The predicted octanol–water partition coefficient (Wildman–Crippen LogP) is 2.93. The van der Waals surface area contributed by atoms with Gasteiger partial charge in [-0.25, -0.2) is 0 Å². The zero-order valence-corrected chi connectivity index (χ0v) is 11.4. The van der Waals surface area contributed by atoms with E-state index in [4.69, 9.17) is 0 Å². The Kier molecular flexibility index (Phi) is 3.49. The lowest BCUT2D eigenvalue weighted by atomic mass is 10.1. The lowest BCUT2D eigenvalue weighted by Gasteiger charge is -2.09. The SMILES string of the molecule is Cc1ccc(CNc2nnc3n2CCCCC3)cc1. The molecule has 0 amide bonds. The van der Waals surface area contributed by atoms with Gasteiger partial charge in [-0.05, 0) is 25.3 Å². The molecule has 100 valence electrons. The molecule has 0 radical (unpaired) electrons. The van der Waals surface area contributed by atoms with Crippen LogP contribution in [0.4, 0.5) is 5.95 Å². The maximum atomic E-state index is 4.29. The van der Waals surface area contributed by atoms with Crippen LogP contribution in [0.1, 0.15) is 36.2 Å². The molecule has 4 nitrogen and oxygen atoms in total. The molecule has 0 unspecified atom stereocenters. The van der Waals surface area contributed by atoms with Crippen LogP contribution in [0, 0.1) is 6.92 Å². The van der Waals surface area contributed by atoms with Crippen molar-refractivity contribution < 1.29 is 0 Å². The van der Waals surface area contributed by atoms with Crippen LogP contribution in [0.3, 0.4) is 0 Å². The molecule has 0 aliphatic carbocycles. The highest BCUT2D eigenvalue weighted by molar-refractivity contribution is 5.30. The molecule has 1 aromatic heterocycles. The van der Waals surface area contributed by atoms with E-state index in [2.05, 4.69) is 51.3 Å². The summed E-state index contributed by atoms with van der Waals surface area (Å²) in [5, 5.41) is 12.0. The topological polar surface area (TPSA) is 42.7 Å². The number of hydrogen-bond acceptors (Lipinski definition) is 3. The fourth-order valence-electron chi connectivity index (χ4n) is 2.50. The molecule has 2 aromatic rings. The molecule has 19 heavy (non-hydrogen) atoms. The summed E-state index contributed by atoms with van der Waals surface area (Å²) in [7, 11) is 0. The molecule has 3 rings (SSSR count). The minimum absolute atomic E-state index is 0.804. The van der Waals surface area contributed by atoms with Gasteiger partial charge in [-0.2, -0.15) is 0 Å². The van der Waals surface area contributed by atoms with E-state index < -0.39 is 0 Å². The Hall–Kier alpha value is -1.84. The third kappa shape index (κ3) is 2.78. The van der Waals surface area contributed by atoms with Crippen molar-refractivity contribution in [2.75, 3.05) is 5.32 Å². The Labute approximate surface area is 113 Å². The first kappa shape index (κ1) is 12.2. The highest BCUT2D eigenvalue weighted by atomic mass is 15.3. The highest BCUT2D eigenvalue weighted by Crippen LogP contribution is 2.17. The second kappa shape index (κ2) is 5.43. The number of hydrogen-bond donors (Lipinski definition) is 1. The van der Waals surface area contributed by atoms with Crippen molar-refractivity contribution >= 4 is 5.95 Å². The summed E-state index contributed by atoms with van der Waals surface area (Å²) >= 11 is 0. The molecule has 0 atom stereocenters. The van der Waals surface area contributed by atoms with Gasteiger partial charge in [0.1, 0.15) is 5.82 Å². The zero-order valence-electron chi connectivity index (χ0n) is 11.4. The summed E-state index contributed by atoms with van der Waals surface area (Å²) in [6.07, 6.45) is 4.81. The molecule has 2 heterocycles. The number of benzene rings is 1. The lowest BCUT2D eigenvalue weighted by Crippen LogP contribution is -2.09. The Balaban J connectivity index is 1.70. The predicted molar refractivity (Wildman–Crippen MR) is 76.1 cm³/mol. The van der Waals surface area contributed by atoms with Gasteiger partial charge < -0.3 is 5.32 Å². The van der Waals surface area contributed by atoms with Crippen molar-refractivity contribution in [2.45, 2.75) is 45.7 Å². The van der Waals surface area contributed by atoms with Crippen molar-refractivity contribution in [3.8, 4) is 0 Å². The first-order chi connectivity index (χ1) is 9.33. The molecule has 1 aliphatic heterocycles. The van der Waals surface area contributed by atoms with E-state index in [1.54, 1.807) is 0 Å². The summed E-state index contributed by atoms with van der Waals surface area (Å²) < 4.78 is 2.24. The van der Waals surface area contributed by atoms with E-state index >= 15 is 0 Å². The molecule has 0 bridgehead atoms. The number of rotatable bonds is 3. The molecule has 1 N–H and O–H groups in total. The van der Waals surface area contributed by atoms with Crippen LogP contribution in [0.25, 0.3) is 0 Å². The van der Waals surface area contributed by atoms with Crippen LogP contribution in [-0.2, 0) is 19.5 Å². The van der Waals surface area contributed by atoms with Crippen LogP contribution >= 0.6 is 0 Å². The molecular weight excluding hydrogens is 236 g/mol. The monoisotopic (exact) mass is 256 g/mol. The molecule has 1 aliphatic rings. The fraction of sp³-hybridized carbons (Fsp3) is 0.467. The Morgan fingerprint density at radius 1 is 1.11 bits per heavy atom. The largest absolute Gasteiger partial charge is 0.350 e. The lowest BCUT2D eigenvalue weighted by molar-refractivity contribution is 0.635. The summed E-state index contributed by atoms with van der Waals surface area (Å²) in [5.74, 6) is 2.04. The molecule has 0 spiro atoms. The molecular formula is C15H20N4. The maximum Gasteiger partial charge on any atom is 0.224 e. The van der Waals surface area contributed by atoms with Crippen LogP contribution < -0.4 is 5.32 Å². The van der Waals surface area contributed by atoms with Crippen LogP contribution in [0.5, 0.6) is 0 Å². The minimum atomic E-state index is 0.804. The van der Waals surface area contributed by atoms with E-state index in [1.165, 1.54) is 30.4 Å². The number of nitrogens with one attached hydrogen (secondary N) is 1. The van der Waals surface area contributed by atoms with Gasteiger partial charge in [0, 0.05) is 19.5 Å². The van der Waals surface area contributed by atoms with Crippen molar-refractivity contribution in [3.63, 3.8) is 0 Å². The second-order valence-corrected chi connectivity index (χ2v) is 5.24. The van der Waals surface area contributed by atoms with E-state index in [1.807, 2.05) is 0 Å². The van der Waals surface area contributed by atoms with Crippen molar-refractivity contribution in [3.05, 3.63) is 41.2 Å². The zero-order chi connectivity index (χ0) is 13.1. The Morgan fingerprint density at radius 2 is 1.95 bits per heavy atom. The van der Waals surface area contributed by atoms with Gasteiger partial charge in [-0.1, -0.05) is 36.2 Å². The average molecular weight is 256 g/mol. The third-order valence-electron chi connectivity index (χ3n) is 3.68. The number of aryl methyl sites for hydroxylation is 2. The van der Waals surface area contributed by atoms with Gasteiger partial charge in [0.05, 0.1) is 0 Å². The van der Waals surface area contributed by atoms with E-state index in [0.717, 1.165) is 31.3 Å². The molecule has 0 saturated carbocycles. The first-order valence-corrected chi connectivity index (χ1v) is 7.04. The average Bonchev–Trinajstić information content (AvgIpc) is 2.66. The molecule has 1 aromatic carbocycles. The van der Waals surface area contributed by atoms with Gasteiger partial charge in [0.15, 0.2) is 0 Å². The van der Waals surface area contributed by atoms with Crippen LogP contribution in [0.2, 0.25) is 0 Å². The van der Waals surface area contributed by atoms with E-state index in [-0.39, 0.29) is 0 Å². The third-order valence-corrected chi connectivity index (χ3v) is 3.68. The van der Waals surface area contributed by atoms with Gasteiger partial charge in [-0.15, -0.1) is 10.2 Å². The first-order valence-electron chi connectivity index (χ1n) is 7.04. The van der Waals surface area contributed by atoms with Gasteiger partial charge in [0.25, 0.3) is 0 Å². The molecule has 4 heteroatoms. The van der Waals surface area contributed by atoms with Crippen LogP contribution in [-0.4, -0.2) is 14.8 Å². The summed E-state index contributed by atoms with van der Waals surface area (Å²) in [6, 6.07) is 8.59. The number of nitrogens with zero attached hydrogens (tertiary/aromatic N) is 3. The Bertz CT molecular complexity index is 542. The summed E-state index contributed by atoms with van der Waals surface area (Å²) in [5.41, 5.74) is 2.57. The van der Waals surface area contributed by atoms with Crippen LogP contribution in [0.15, 0.2) is 24.3 Å². The highest BCUT2D eigenvalue weighted by Gasteiger charge is 2.13. The van der Waals surface area contributed by atoms with Crippen molar-refractivity contribution in [2.24, 2.45) is 0 Å². The number of fused-ring (bicyclic) bond motifs is 1. The number of anilines is 1. The van der Waals surface area contributed by atoms with Crippen molar-refractivity contribution in [1.29, 1.82) is 0 Å². The second-order valence-electron chi connectivity index (χ2n) is 5.24. The normalized spacial score (nSPS) is 14.8. The van der Waals surface area contributed by atoms with Gasteiger partial charge in [0.2, 0.25) is 5.95 Å². The van der Waals surface area contributed by atoms with E-state index in [0.29, 0.717) is 0 Å². The summed E-state index contributed by atoms with van der Waals surface area (Å²) in [6.45, 7) is 3.95. The standard InChI is InChI=1S/C15H20N4/c1-12-6-8-13(9-7-12)11-16-15-18-17-14-5-3-2-4-10-19(14)15/h6-9H,2-5,10-11H2,1H3,(H,16,18). The minimum Gasteiger partial charge on any atom is -0.350 e.